The molecule has 0 spiro atoms. The van der Waals surface area contributed by atoms with Gasteiger partial charge in [0.25, 0.3) is 0 Å². The number of nitrogens with zero attached hydrogens (tertiary/aromatic N) is 2. The van der Waals surface area contributed by atoms with Gasteiger partial charge >= 0.3 is 0 Å². The summed E-state index contributed by atoms with van der Waals surface area (Å²) >= 11 is 7.86. The number of hydrogen-bond donors (Lipinski definition) is 2. The SMILES string of the molecule is CNC1CCC(COc2cc(F)c(SNc3ncns3)cc2F)(Cc2ccc(Cl)c(F)c2)CC1. The standard InChI is InChI=1S/C23H24ClF3N4OS2/c1-28-15-4-6-23(7-5-15,11-14-2-3-16(24)17(25)8-14)12-32-20-9-19(27)21(10-18(20)26)33-31-22-29-13-30-34-22/h2-3,8-10,13,15,28H,4-7,11-12H2,1H3,(H,29,30,31). The van der Waals surface area contributed by atoms with E-state index in [0.717, 1.165) is 66.9 Å². The Kier molecular flexibility index (Phi) is 8.23. The minimum Gasteiger partial charge on any atom is -0.490 e. The lowest BCUT2D eigenvalue weighted by atomic mass is 9.69. The van der Waals surface area contributed by atoms with Crippen molar-refractivity contribution in [3.05, 3.63) is 64.7 Å². The summed E-state index contributed by atoms with van der Waals surface area (Å²) in [6, 6.07) is 7.33. The highest BCUT2D eigenvalue weighted by atomic mass is 35.5. The van der Waals surface area contributed by atoms with E-state index in [-0.39, 0.29) is 27.7 Å². The molecule has 0 unspecified atom stereocenters. The van der Waals surface area contributed by atoms with Crippen molar-refractivity contribution in [2.45, 2.75) is 43.0 Å². The van der Waals surface area contributed by atoms with E-state index in [1.807, 2.05) is 7.05 Å². The van der Waals surface area contributed by atoms with Crippen LogP contribution in [0.15, 0.2) is 41.6 Å². The molecule has 0 saturated heterocycles. The molecule has 182 valence electrons. The summed E-state index contributed by atoms with van der Waals surface area (Å²) in [5, 5.41) is 3.86. The first-order valence-corrected chi connectivity index (χ1v) is 12.8. The Balaban J connectivity index is 1.48. The van der Waals surface area contributed by atoms with Crippen LogP contribution in [0.1, 0.15) is 31.2 Å². The number of benzene rings is 2. The molecule has 3 aromatic rings. The Morgan fingerprint density at radius 1 is 1.15 bits per heavy atom. The van der Waals surface area contributed by atoms with Crippen molar-refractivity contribution in [1.29, 1.82) is 0 Å². The van der Waals surface area contributed by atoms with Crippen LogP contribution in [0.2, 0.25) is 5.02 Å². The largest absolute Gasteiger partial charge is 0.490 e. The quantitative estimate of drug-likeness (QED) is 0.309. The zero-order valence-corrected chi connectivity index (χ0v) is 20.8. The summed E-state index contributed by atoms with van der Waals surface area (Å²) in [7, 11) is 1.93. The highest BCUT2D eigenvalue weighted by molar-refractivity contribution is 8.00. The average Bonchev–Trinajstić information content (AvgIpc) is 3.35. The molecule has 0 bridgehead atoms. The lowest BCUT2D eigenvalue weighted by Gasteiger charge is -2.40. The average molecular weight is 529 g/mol. The molecule has 1 fully saturated rings. The van der Waals surface area contributed by atoms with Gasteiger partial charge in [-0.2, -0.15) is 4.37 Å². The normalized spacial score (nSPS) is 20.3. The van der Waals surface area contributed by atoms with Crippen LogP contribution in [0.25, 0.3) is 0 Å². The van der Waals surface area contributed by atoms with Gasteiger partial charge in [-0.15, -0.1) is 0 Å². The van der Waals surface area contributed by atoms with Gasteiger partial charge in [0.1, 0.15) is 18.0 Å². The van der Waals surface area contributed by atoms with E-state index in [2.05, 4.69) is 19.4 Å². The molecular weight excluding hydrogens is 505 g/mol. The number of hydrogen-bond acceptors (Lipinski definition) is 7. The molecule has 1 aromatic heterocycles. The van der Waals surface area contributed by atoms with E-state index < -0.39 is 17.5 Å². The molecule has 11 heteroatoms. The molecule has 2 aromatic carbocycles. The fraction of sp³-hybridized carbons (Fsp3) is 0.391. The van der Waals surface area contributed by atoms with Crippen molar-refractivity contribution in [3.8, 4) is 5.75 Å². The molecule has 0 aliphatic heterocycles. The molecule has 0 amide bonds. The van der Waals surface area contributed by atoms with Crippen LogP contribution in [0.5, 0.6) is 5.75 Å². The second-order valence-electron chi connectivity index (χ2n) is 8.44. The Bertz CT molecular complexity index is 1110. The second-order valence-corrected chi connectivity index (χ2v) is 10.5. The van der Waals surface area contributed by atoms with E-state index in [1.54, 1.807) is 12.1 Å². The van der Waals surface area contributed by atoms with Crippen LogP contribution < -0.4 is 14.8 Å². The molecule has 5 nitrogen and oxygen atoms in total. The minimum atomic E-state index is -0.653. The Morgan fingerprint density at radius 3 is 2.62 bits per heavy atom. The number of ether oxygens (including phenoxy) is 1. The number of rotatable bonds is 9. The maximum atomic E-state index is 14.8. The van der Waals surface area contributed by atoms with Crippen LogP contribution in [0.4, 0.5) is 18.3 Å². The highest BCUT2D eigenvalue weighted by Gasteiger charge is 2.36. The van der Waals surface area contributed by atoms with Crippen molar-refractivity contribution in [2.75, 3.05) is 18.4 Å². The second kappa shape index (κ2) is 11.2. The van der Waals surface area contributed by atoms with Crippen LogP contribution in [0.3, 0.4) is 0 Å². The van der Waals surface area contributed by atoms with E-state index in [9.17, 15) is 13.2 Å². The van der Waals surface area contributed by atoms with Gasteiger partial charge in [-0.3, -0.25) is 0 Å². The van der Waals surface area contributed by atoms with Gasteiger partial charge in [-0.1, -0.05) is 17.7 Å². The highest BCUT2D eigenvalue weighted by Crippen LogP contribution is 2.41. The van der Waals surface area contributed by atoms with Crippen molar-refractivity contribution >= 4 is 40.2 Å². The Hall–Kier alpha value is -2.01. The third kappa shape index (κ3) is 6.16. The minimum absolute atomic E-state index is 0.0732. The summed E-state index contributed by atoms with van der Waals surface area (Å²) < 4.78 is 56.0. The van der Waals surface area contributed by atoms with Gasteiger partial charge < -0.3 is 14.8 Å². The fourth-order valence-electron chi connectivity index (χ4n) is 4.22. The van der Waals surface area contributed by atoms with Gasteiger partial charge in [0, 0.05) is 29.1 Å². The van der Waals surface area contributed by atoms with Crippen LogP contribution in [0, 0.1) is 22.9 Å². The first-order chi connectivity index (χ1) is 16.4. The first kappa shape index (κ1) is 25.1. The molecule has 1 aliphatic rings. The van der Waals surface area contributed by atoms with E-state index in [4.69, 9.17) is 16.3 Å². The molecular formula is C23H24ClF3N4OS2. The van der Waals surface area contributed by atoms with Crippen LogP contribution in [-0.4, -0.2) is 29.1 Å². The first-order valence-electron chi connectivity index (χ1n) is 10.8. The third-order valence-corrected chi connectivity index (χ3v) is 7.99. The maximum absolute atomic E-state index is 14.8. The third-order valence-electron chi connectivity index (χ3n) is 6.15. The topological polar surface area (TPSA) is 59.1 Å². The van der Waals surface area contributed by atoms with Crippen molar-refractivity contribution in [1.82, 2.24) is 14.7 Å². The van der Waals surface area contributed by atoms with Gasteiger partial charge in [0.2, 0.25) is 5.13 Å². The summed E-state index contributed by atoms with van der Waals surface area (Å²) in [5.41, 5.74) is 0.471. The lowest BCUT2D eigenvalue weighted by Crippen LogP contribution is -2.40. The number of aromatic nitrogens is 2. The molecule has 1 aliphatic carbocycles. The summed E-state index contributed by atoms with van der Waals surface area (Å²) in [4.78, 5) is 4.03. The molecule has 1 heterocycles. The van der Waals surface area contributed by atoms with Crippen LogP contribution >= 0.6 is 35.1 Å². The molecule has 2 N–H and O–H groups in total. The van der Waals surface area contributed by atoms with Gasteiger partial charge in [0.15, 0.2) is 11.6 Å². The van der Waals surface area contributed by atoms with Crippen LogP contribution in [-0.2, 0) is 6.42 Å². The molecule has 0 radical (unpaired) electrons. The van der Waals surface area contributed by atoms with Gasteiger partial charge in [0.05, 0.1) is 16.5 Å². The predicted molar refractivity (Wildman–Crippen MR) is 130 cm³/mol. The Morgan fingerprint density at radius 2 is 1.94 bits per heavy atom. The zero-order valence-electron chi connectivity index (χ0n) is 18.4. The monoisotopic (exact) mass is 528 g/mol. The van der Waals surface area contributed by atoms with E-state index in [1.165, 1.54) is 12.4 Å². The lowest BCUT2D eigenvalue weighted by molar-refractivity contribution is 0.0832. The predicted octanol–water partition coefficient (Wildman–Crippen LogP) is 6.50. The number of nitrogens with one attached hydrogen (secondary N) is 2. The van der Waals surface area contributed by atoms with E-state index in [0.29, 0.717) is 17.6 Å². The van der Waals surface area contributed by atoms with Gasteiger partial charge in [-0.05, 0) is 74.9 Å². The van der Waals surface area contributed by atoms with Crippen molar-refractivity contribution < 1.29 is 17.9 Å². The molecule has 34 heavy (non-hydrogen) atoms. The number of halogens is 4. The van der Waals surface area contributed by atoms with Crippen molar-refractivity contribution in [2.24, 2.45) is 5.41 Å². The maximum Gasteiger partial charge on any atom is 0.212 e. The van der Waals surface area contributed by atoms with Crippen molar-refractivity contribution in [3.63, 3.8) is 0 Å². The molecule has 0 atom stereocenters. The summed E-state index contributed by atoms with van der Waals surface area (Å²) in [6.07, 6.45) is 5.39. The summed E-state index contributed by atoms with van der Waals surface area (Å²) in [6.45, 7) is 0.194. The fourth-order valence-corrected chi connectivity index (χ4v) is 5.47. The van der Waals surface area contributed by atoms with E-state index >= 15 is 0 Å². The number of anilines is 1. The molecule has 1 saturated carbocycles. The zero-order chi connectivity index (χ0) is 24.1. The molecule has 4 rings (SSSR count). The smallest absolute Gasteiger partial charge is 0.212 e. The van der Waals surface area contributed by atoms with Gasteiger partial charge in [-0.25, -0.2) is 18.2 Å². The Labute approximate surface area is 209 Å². The summed E-state index contributed by atoms with van der Waals surface area (Å²) in [5.74, 6) is -1.87.